The lowest BCUT2D eigenvalue weighted by atomic mass is 10.1. The molecular weight excluding hydrogens is 327 g/mol. The van der Waals surface area contributed by atoms with Crippen LogP contribution in [0.25, 0.3) is 0 Å². The van der Waals surface area contributed by atoms with Crippen LogP contribution in [0.15, 0.2) is 12.5 Å². The number of hydrogen-bond acceptors (Lipinski definition) is 8. The zero-order valence-electron chi connectivity index (χ0n) is 13.3. The molecule has 1 fully saturated rings. The number of imidazole rings is 1. The van der Waals surface area contributed by atoms with E-state index >= 15 is 0 Å². The van der Waals surface area contributed by atoms with Crippen LogP contribution in [-0.2, 0) is 33.3 Å². The minimum atomic E-state index is -1.13. The van der Waals surface area contributed by atoms with E-state index in [1.54, 1.807) is 0 Å². The van der Waals surface area contributed by atoms with E-state index in [-0.39, 0.29) is 6.61 Å². The fourth-order valence-corrected chi connectivity index (χ4v) is 2.39. The zero-order chi connectivity index (χ0) is 17.9. The third kappa shape index (κ3) is 4.07. The average Bonchev–Trinajstić information content (AvgIpc) is 3.01. The standard InChI is InChI=1S/C14H17FN2O7/c1-7(18)21-5-10-12(22-8(2)19)13(23-9(3)20)14(24-10)17-6-16-4-11(17)15/h4,6,10,12-14H,5H2,1-3H3/t10-,12-,13-,14?/m1/s1. The molecule has 24 heavy (non-hydrogen) atoms. The molecule has 132 valence electrons. The van der Waals surface area contributed by atoms with Gasteiger partial charge in [0.25, 0.3) is 0 Å². The molecule has 0 radical (unpaired) electrons. The van der Waals surface area contributed by atoms with Gasteiger partial charge in [0.2, 0.25) is 5.95 Å². The van der Waals surface area contributed by atoms with E-state index < -0.39 is 48.4 Å². The number of carbonyl (C=O) groups excluding carboxylic acids is 3. The summed E-state index contributed by atoms with van der Waals surface area (Å²) in [6.45, 7) is 3.27. The summed E-state index contributed by atoms with van der Waals surface area (Å²) >= 11 is 0. The summed E-state index contributed by atoms with van der Waals surface area (Å²) < 4.78 is 35.6. The maximum Gasteiger partial charge on any atom is 0.303 e. The van der Waals surface area contributed by atoms with Gasteiger partial charge in [-0.3, -0.25) is 19.0 Å². The first-order valence-electron chi connectivity index (χ1n) is 7.10. The summed E-state index contributed by atoms with van der Waals surface area (Å²) in [5.74, 6) is -2.62. The van der Waals surface area contributed by atoms with Crippen LogP contribution in [0.1, 0.15) is 27.0 Å². The minimum Gasteiger partial charge on any atom is -0.463 e. The first-order valence-corrected chi connectivity index (χ1v) is 7.10. The van der Waals surface area contributed by atoms with Crippen molar-refractivity contribution in [2.75, 3.05) is 6.61 Å². The van der Waals surface area contributed by atoms with Crippen LogP contribution >= 0.6 is 0 Å². The highest BCUT2D eigenvalue weighted by molar-refractivity contribution is 5.67. The van der Waals surface area contributed by atoms with Crippen molar-refractivity contribution in [3.8, 4) is 0 Å². The van der Waals surface area contributed by atoms with Crippen LogP contribution in [0, 0.1) is 5.95 Å². The number of carbonyl (C=O) groups is 3. The summed E-state index contributed by atoms with van der Waals surface area (Å²) in [6.07, 6.45) is -2.16. The second-order valence-electron chi connectivity index (χ2n) is 5.14. The third-order valence-electron chi connectivity index (χ3n) is 3.23. The molecule has 0 N–H and O–H groups in total. The summed E-state index contributed by atoms with van der Waals surface area (Å²) in [5, 5.41) is 0. The van der Waals surface area contributed by atoms with E-state index in [4.69, 9.17) is 18.9 Å². The number of rotatable bonds is 5. The first kappa shape index (κ1) is 17.9. The van der Waals surface area contributed by atoms with Crippen LogP contribution in [0.5, 0.6) is 0 Å². The van der Waals surface area contributed by atoms with Crippen LogP contribution in [0.4, 0.5) is 4.39 Å². The normalized spacial score (nSPS) is 26.0. The van der Waals surface area contributed by atoms with Crippen LogP contribution < -0.4 is 0 Å². The van der Waals surface area contributed by atoms with Crippen molar-refractivity contribution in [3.63, 3.8) is 0 Å². The molecule has 1 aliphatic heterocycles. The Morgan fingerprint density at radius 3 is 2.29 bits per heavy atom. The molecule has 1 aromatic heterocycles. The van der Waals surface area contributed by atoms with Gasteiger partial charge in [0.1, 0.15) is 12.7 Å². The van der Waals surface area contributed by atoms with Crippen molar-refractivity contribution in [2.45, 2.75) is 45.3 Å². The number of nitrogens with zero attached hydrogens (tertiary/aromatic N) is 2. The highest BCUT2D eigenvalue weighted by atomic mass is 19.1. The lowest BCUT2D eigenvalue weighted by molar-refractivity contribution is -0.166. The third-order valence-corrected chi connectivity index (χ3v) is 3.23. The summed E-state index contributed by atoms with van der Waals surface area (Å²) in [5.41, 5.74) is 0. The summed E-state index contributed by atoms with van der Waals surface area (Å²) in [7, 11) is 0. The molecule has 2 rings (SSSR count). The van der Waals surface area contributed by atoms with Crippen molar-refractivity contribution in [2.24, 2.45) is 0 Å². The van der Waals surface area contributed by atoms with E-state index in [0.717, 1.165) is 24.0 Å². The Bertz CT molecular complexity index is 632. The van der Waals surface area contributed by atoms with Gasteiger partial charge in [0.15, 0.2) is 18.4 Å². The molecule has 0 aliphatic carbocycles. The Kier molecular flexibility index (Phi) is 5.50. The Morgan fingerprint density at radius 2 is 1.79 bits per heavy atom. The van der Waals surface area contributed by atoms with Gasteiger partial charge in [0, 0.05) is 20.8 Å². The molecule has 1 aliphatic rings. The fourth-order valence-electron chi connectivity index (χ4n) is 2.39. The topological polar surface area (TPSA) is 106 Å². The molecule has 2 heterocycles. The van der Waals surface area contributed by atoms with Crippen molar-refractivity contribution < 1.29 is 37.7 Å². The molecular formula is C14H17FN2O7. The lowest BCUT2D eigenvalue weighted by Gasteiger charge is -2.23. The van der Waals surface area contributed by atoms with Gasteiger partial charge in [-0.05, 0) is 0 Å². The van der Waals surface area contributed by atoms with Crippen LogP contribution in [0.2, 0.25) is 0 Å². The van der Waals surface area contributed by atoms with Crippen molar-refractivity contribution in [1.82, 2.24) is 9.55 Å². The van der Waals surface area contributed by atoms with E-state index in [0.29, 0.717) is 0 Å². The van der Waals surface area contributed by atoms with Gasteiger partial charge in [-0.1, -0.05) is 0 Å². The Balaban J connectivity index is 2.31. The molecule has 0 bridgehead atoms. The Hall–Kier alpha value is -2.49. The monoisotopic (exact) mass is 344 g/mol. The number of esters is 3. The number of halogens is 1. The van der Waals surface area contributed by atoms with Gasteiger partial charge in [-0.2, -0.15) is 4.39 Å². The molecule has 1 saturated heterocycles. The van der Waals surface area contributed by atoms with E-state index in [1.165, 1.54) is 13.8 Å². The first-order chi connectivity index (χ1) is 11.3. The fraction of sp³-hybridized carbons (Fsp3) is 0.571. The Morgan fingerprint density at radius 1 is 1.17 bits per heavy atom. The van der Waals surface area contributed by atoms with E-state index in [9.17, 15) is 18.8 Å². The van der Waals surface area contributed by atoms with Crippen molar-refractivity contribution in [1.29, 1.82) is 0 Å². The molecule has 0 amide bonds. The van der Waals surface area contributed by atoms with Crippen LogP contribution in [-0.4, -0.2) is 52.4 Å². The average molecular weight is 344 g/mol. The summed E-state index contributed by atoms with van der Waals surface area (Å²) in [4.78, 5) is 37.4. The quantitative estimate of drug-likeness (QED) is 0.556. The SMILES string of the molecule is CC(=O)OC[C@H]1OC(n2cncc2F)[C@H](OC(C)=O)[C@@H]1OC(C)=O. The maximum absolute atomic E-state index is 13.8. The predicted molar refractivity (Wildman–Crippen MR) is 73.8 cm³/mol. The van der Waals surface area contributed by atoms with Crippen molar-refractivity contribution >= 4 is 17.9 Å². The predicted octanol–water partition coefficient (Wildman–Crippen LogP) is 0.346. The molecule has 1 aromatic rings. The zero-order valence-corrected chi connectivity index (χ0v) is 13.3. The lowest BCUT2D eigenvalue weighted by Crippen LogP contribution is -2.40. The molecule has 10 heteroatoms. The number of hydrogen-bond donors (Lipinski definition) is 0. The van der Waals surface area contributed by atoms with Gasteiger partial charge in [0.05, 0.1) is 12.5 Å². The smallest absolute Gasteiger partial charge is 0.303 e. The van der Waals surface area contributed by atoms with E-state index in [2.05, 4.69) is 4.98 Å². The molecule has 1 unspecified atom stereocenters. The molecule has 0 aromatic carbocycles. The molecule has 0 saturated carbocycles. The van der Waals surface area contributed by atoms with Crippen molar-refractivity contribution in [3.05, 3.63) is 18.5 Å². The number of aromatic nitrogens is 2. The summed E-state index contributed by atoms with van der Waals surface area (Å²) in [6, 6.07) is 0. The minimum absolute atomic E-state index is 0.252. The Labute approximate surface area is 136 Å². The van der Waals surface area contributed by atoms with Gasteiger partial charge in [-0.25, -0.2) is 4.98 Å². The molecule has 4 atom stereocenters. The molecule has 9 nitrogen and oxygen atoms in total. The second-order valence-corrected chi connectivity index (χ2v) is 5.14. The van der Waals surface area contributed by atoms with Gasteiger partial charge in [-0.15, -0.1) is 0 Å². The molecule has 0 spiro atoms. The maximum atomic E-state index is 13.8. The van der Waals surface area contributed by atoms with Crippen LogP contribution in [0.3, 0.4) is 0 Å². The largest absolute Gasteiger partial charge is 0.463 e. The second kappa shape index (κ2) is 7.39. The highest BCUT2D eigenvalue weighted by Crippen LogP contribution is 2.34. The van der Waals surface area contributed by atoms with E-state index in [1.807, 2.05) is 0 Å². The number of ether oxygens (including phenoxy) is 4. The highest BCUT2D eigenvalue weighted by Gasteiger charge is 2.51. The van der Waals surface area contributed by atoms with Gasteiger partial charge < -0.3 is 18.9 Å². The van der Waals surface area contributed by atoms with Gasteiger partial charge >= 0.3 is 17.9 Å².